The van der Waals surface area contributed by atoms with Gasteiger partial charge in [0, 0.05) is 12.6 Å². The minimum absolute atomic E-state index is 0.0387. The molecule has 3 N–H and O–H groups in total. The number of nitrogens with two attached hydrogens (primary N) is 1. The van der Waals surface area contributed by atoms with Crippen molar-refractivity contribution >= 4 is 5.91 Å². The van der Waals surface area contributed by atoms with Gasteiger partial charge in [0.1, 0.15) is 0 Å². The highest BCUT2D eigenvalue weighted by Gasteiger charge is 2.32. The molecule has 0 saturated carbocycles. The average Bonchev–Trinajstić information content (AvgIpc) is 2.27. The van der Waals surface area contributed by atoms with Crippen LogP contribution >= 0.6 is 0 Å². The lowest BCUT2D eigenvalue weighted by molar-refractivity contribution is -0.123. The van der Waals surface area contributed by atoms with Crippen LogP contribution < -0.4 is 11.1 Å². The highest BCUT2D eigenvalue weighted by Crippen LogP contribution is 2.34. The second-order valence-corrected chi connectivity index (χ2v) is 4.30. The third-order valence-electron chi connectivity index (χ3n) is 3.29. The molecule has 86 valence electrons. The predicted octanol–water partition coefficient (Wildman–Crippen LogP) is 1.18. The van der Waals surface area contributed by atoms with Crippen molar-refractivity contribution in [3.63, 3.8) is 0 Å². The number of rotatable bonds is 4. The number of hydrogen-bond donors (Lipinski definition) is 2. The van der Waals surface area contributed by atoms with Crippen LogP contribution in [0.1, 0.15) is 30.4 Å². The van der Waals surface area contributed by atoms with Crippen LogP contribution in [0, 0.1) is 0 Å². The number of amides is 1. The van der Waals surface area contributed by atoms with Gasteiger partial charge in [-0.3, -0.25) is 4.79 Å². The van der Waals surface area contributed by atoms with E-state index in [9.17, 15) is 4.79 Å². The summed E-state index contributed by atoms with van der Waals surface area (Å²) in [5, 5.41) is 3.00. The van der Waals surface area contributed by atoms with E-state index in [2.05, 4.69) is 11.4 Å². The van der Waals surface area contributed by atoms with Crippen LogP contribution in [0.25, 0.3) is 0 Å². The summed E-state index contributed by atoms with van der Waals surface area (Å²) >= 11 is 0. The Morgan fingerprint density at radius 3 is 2.94 bits per heavy atom. The molecule has 0 bridgehead atoms. The van der Waals surface area contributed by atoms with Gasteiger partial charge in [-0.05, 0) is 24.0 Å². The fourth-order valence-electron chi connectivity index (χ4n) is 2.12. The van der Waals surface area contributed by atoms with Gasteiger partial charge in [0.25, 0.3) is 0 Å². The van der Waals surface area contributed by atoms with Crippen molar-refractivity contribution in [2.24, 2.45) is 5.73 Å². The topological polar surface area (TPSA) is 55.1 Å². The van der Waals surface area contributed by atoms with Gasteiger partial charge in [-0.15, -0.1) is 0 Å². The van der Waals surface area contributed by atoms with Gasteiger partial charge < -0.3 is 11.1 Å². The van der Waals surface area contributed by atoms with Crippen LogP contribution in [-0.2, 0) is 11.2 Å². The SMILES string of the molecule is CCC(CN)NC(=O)C1Cc2ccccc21. The lowest BCUT2D eigenvalue weighted by Crippen LogP contribution is -2.44. The summed E-state index contributed by atoms with van der Waals surface area (Å²) in [5.74, 6) is 0.160. The first kappa shape index (κ1) is 11.1. The number of benzene rings is 1. The molecule has 1 aromatic carbocycles. The lowest BCUT2D eigenvalue weighted by atomic mass is 9.77. The largest absolute Gasteiger partial charge is 0.352 e. The number of fused-ring (bicyclic) bond motifs is 1. The van der Waals surface area contributed by atoms with Gasteiger partial charge in [-0.1, -0.05) is 31.2 Å². The van der Waals surface area contributed by atoms with E-state index in [4.69, 9.17) is 5.73 Å². The Bertz CT molecular complexity index is 385. The molecular weight excluding hydrogens is 200 g/mol. The van der Waals surface area contributed by atoms with Crippen LogP contribution in [0.15, 0.2) is 24.3 Å². The molecule has 0 heterocycles. The molecule has 1 aliphatic carbocycles. The molecule has 0 aliphatic heterocycles. The maximum absolute atomic E-state index is 11.9. The van der Waals surface area contributed by atoms with Gasteiger partial charge >= 0.3 is 0 Å². The molecule has 0 aromatic heterocycles. The van der Waals surface area contributed by atoms with Crippen molar-refractivity contribution in [1.82, 2.24) is 5.32 Å². The summed E-state index contributed by atoms with van der Waals surface area (Å²) in [6, 6.07) is 8.23. The number of hydrogen-bond acceptors (Lipinski definition) is 2. The van der Waals surface area contributed by atoms with Crippen molar-refractivity contribution in [3.8, 4) is 0 Å². The van der Waals surface area contributed by atoms with Gasteiger partial charge in [0.05, 0.1) is 5.92 Å². The highest BCUT2D eigenvalue weighted by atomic mass is 16.2. The van der Waals surface area contributed by atoms with Gasteiger partial charge in [0.2, 0.25) is 5.91 Å². The van der Waals surface area contributed by atoms with E-state index >= 15 is 0 Å². The van der Waals surface area contributed by atoms with E-state index in [-0.39, 0.29) is 17.9 Å². The summed E-state index contributed by atoms with van der Waals surface area (Å²) in [6.45, 7) is 2.54. The quantitative estimate of drug-likeness (QED) is 0.797. The zero-order valence-corrected chi connectivity index (χ0v) is 9.57. The molecule has 0 fully saturated rings. The second kappa shape index (κ2) is 4.66. The van der Waals surface area contributed by atoms with Crippen molar-refractivity contribution in [2.75, 3.05) is 6.54 Å². The van der Waals surface area contributed by atoms with E-state index in [1.165, 1.54) is 11.1 Å². The van der Waals surface area contributed by atoms with Crippen LogP contribution in [0.3, 0.4) is 0 Å². The third-order valence-corrected chi connectivity index (χ3v) is 3.29. The molecule has 1 amide bonds. The van der Waals surface area contributed by atoms with Crippen molar-refractivity contribution in [2.45, 2.75) is 31.7 Å². The maximum Gasteiger partial charge on any atom is 0.228 e. The van der Waals surface area contributed by atoms with Crippen LogP contribution in [0.5, 0.6) is 0 Å². The van der Waals surface area contributed by atoms with E-state index in [1.54, 1.807) is 0 Å². The third kappa shape index (κ3) is 1.95. The Kier molecular flexibility index (Phi) is 3.25. The first-order chi connectivity index (χ1) is 7.76. The fourth-order valence-corrected chi connectivity index (χ4v) is 2.12. The Morgan fingerprint density at radius 2 is 2.31 bits per heavy atom. The van der Waals surface area contributed by atoms with Gasteiger partial charge in [0.15, 0.2) is 0 Å². The van der Waals surface area contributed by atoms with Crippen molar-refractivity contribution < 1.29 is 4.79 Å². The average molecular weight is 218 g/mol. The van der Waals surface area contributed by atoms with Gasteiger partial charge in [-0.2, -0.15) is 0 Å². The number of nitrogens with one attached hydrogen (secondary N) is 1. The first-order valence-electron chi connectivity index (χ1n) is 5.84. The Morgan fingerprint density at radius 1 is 1.56 bits per heavy atom. The van der Waals surface area contributed by atoms with Crippen LogP contribution in [0.4, 0.5) is 0 Å². The zero-order chi connectivity index (χ0) is 11.5. The number of carbonyl (C=O) groups excluding carboxylic acids is 1. The number of carbonyl (C=O) groups is 1. The van der Waals surface area contributed by atoms with E-state index in [0.29, 0.717) is 6.54 Å². The normalized spacial score (nSPS) is 19.5. The highest BCUT2D eigenvalue weighted by molar-refractivity contribution is 5.87. The summed E-state index contributed by atoms with van der Waals surface area (Å²) < 4.78 is 0. The summed E-state index contributed by atoms with van der Waals surface area (Å²) in [4.78, 5) is 11.9. The minimum Gasteiger partial charge on any atom is -0.352 e. The van der Waals surface area contributed by atoms with E-state index in [0.717, 1.165) is 12.8 Å². The fraction of sp³-hybridized carbons (Fsp3) is 0.462. The van der Waals surface area contributed by atoms with Crippen molar-refractivity contribution in [1.29, 1.82) is 0 Å². The molecule has 0 radical (unpaired) electrons. The zero-order valence-electron chi connectivity index (χ0n) is 9.57. The molecule has 1 aliphatic rings. The molecule has 0 spiro atoms. The Balaban J connectivity index is 1.99. The predicted molar refractivity (Wildman–Crippen MR) is 64.2 cm³/mol. The Hall–Kier alpha value is -1.35. The first-order valence-corrected chi connectivity index (χ1v) is 5.84. The summed E-state index contributed by atoms with van der Waals surface area (Å²) in [5.41, 5.74) is 8.04. The molecular formula is C13H18N2O. The van der Waals surface area contributed by atoms with Crippen molar-refractivity contribution in [3.05, 3.63) is 35.4 Å². The molecule has 2 unspecified atom stereocenters. The molecule has 2 atom stereocenters. The van der Waals surface area contributed by atoms with Crippen LogP contribution in [0.2, 0.25) is 0 Å². The maximum atomic E-state index is 11.9. The van der Waals surface area contributed by atoms with E-state index < -0.39 is 0 Å². The molecule has 3 heteroatoms. The molecule has 2 rings (SSSR count). The second-order valence-electron chi connectivity index (χ2n) is 4.30. The van der Waals surface area contributed by atoms with E-state index in [1.807, 2.05) is 25.1 Å². The standard InChI is InChI=1S/C13H18N2O/c1-2-10(8-14)15-13(16)12-7-9-5-3-4-6-11(9)12/h3-6,10,12H,2,7-8,14H2,1H3,(H,15,16). The molecule has 16 heavy (non-hydrogen) atoms. The summed E-state index contributed by atoms with van der Waals surface area (Å²) in [6.07, 6.45) is 1.75. The van der Waals surface area contributed by atoms with Gasteiger partial charge in [-0.25, -0.2) is 0 Å². The lowest BCUT2D eigenvalue weighted by Gasteiger charge is -2.30. The molecule has 3 nitrogen and oxygen atoms in total. The smallest absolute Gasteiger partial charge is 0.228 e. The minimum atomic E-state index is 0.0387. The van der Waals surface area contributed by atoms with Crippen LogP contribution in [-0.4, -0.2) is 18.5 Å². The summed E-state index contributed by atoms with van der Waals surface area (Å²) in [7, 11) is 0. The Labute approximate surface area is 96.0 Å². The molecule has 1 aromatic rings. The monoisotopic (exact) mass is 218 g/mol. The molecule has 0 saturated heterocycles.